The van der Waals surface area contributed by atoms with E-state index >= 15 is 0 Å². The van der Waals surface area contributed by atoms with Crippen molar-refractivity contribution < 1.29 is 0 Å². The lowest BCUT2D eigenvalue weighted by Gasteiger charge is -2.15. The van der Waals surface area contributed by atoms with Gasteiger partial charge in [-0.1, -0.05) is 23.8 Å². The standard InChI is InChI=1S/C12H17NS/c1-9(2)8-11(13)10-6-4-5-7-12(10)14-3/h4-7,11H,1,8,13H2,2-3H3. The fraction of sp³-hybridized carbons (Fsp3) is 0.333. The third-order valence-corrected chi connectivity index (χ3v) is 2.92. The lowest BCUT2D eigenvalue weighted by atomic mass is 10.0. The van der Waals surface area contributed by atoms with Crippen molar-refractivity contribution in [2.24, 2.45) is 5.73 Å². The lowest BCUT2D eigenvalue weighted by Crippen LogP contribution is -2.11. The van der Waals surface area contributed by atoms with Crippen LogP contribution in [-0.4, -0.2) is 6.26 Å². The van der Waals surface area contributed by atoms with Crippen LogP contribution in [0.5, 0.6) is 0 Å². The van der Waals surface area contributed by atoms with Crippen LogP contribution in [0.3, 0.4) is 0 Å². The Hall–Kier alpha value is -0.730. The molecule has 1 nitrogen and oxygen atoms in total. The molecule has 0 aliphatic carbocycles. The van der Waals surface area contributed by atoms with Gasteiger partial charge in [0.1, 0.15) is 0 Å². The SMILES string of the molecule is C=C(C)CC(N)c1ccccc1SC. The van der Waals surface area contributed by atoms with Crippen molar-refractivity contribution in [2.75, 3.05) is 6.26 Å². The Kier molecular flexibility index (Phi) is 4.23. The van der Waals surface area contributed by atoms with Gasteiger partial charge in [0, 0.05) is 10.9 Å². The number of thioether (sulfide) groups is 1. The fourth-order valence-corrected chi connectivity index (χ4v) is 2.13. The van der Waals surface area contributed by atoms with E-state index in [0.717, 1.165) is 12.0 Å². The molecule has 1 rings (SSSR count). The van der Waals surface area contributed by atoms with Crippen molar-refractivity contribution in [3.05, 3.63) is 42.0 Å². The minimum absolute atomic E-state index is 0.0798. The van der Waals surface area contributed by atoms with Gasteiger partial charge in [0.05, 0.1) is 0 Å². The highest BCUT2D eigenvalue weighted by Gasteiger charge is 2.09. The Balaban J connectivity index is 2.87. The Morgan fingerprint density at radius 3 is 2.71 bits per heavy atom. The van der Waals surface area contributed by atoms with Crippen LogP contribution in [-0.2, 0) is 0 Å². The monoisotopic (exact) mass is 207 g/mol. The average Bonchev–Trinajstić information content (AvgIpc) is 2.16. The molecule has 0 saturated carbocycles. The molecule has 76 valence electrons. The fourth-order valence-electron chi connectivity index (χ4n) is 1.46. The molecule has 14 heavy (non-hydrogen) atoms. The third kappa shape index (κ3) is 2.89. The van der Waals surface area contributed by atoms with Crippen LogP contribution in [0, 0.1) is 0 Å². The summed E-state index contributed by atoms with van der Waals surface area (Å²) in [6, 6.07) is 8.37. The first-order chi connectivity index (χ1) is 6.65. The zero-order valence-corrected chi connectivity index (χ0v) is 9.60. The maximum Gasteiger partial charge on any atom is 0.0343 e. The number of hydrogen-bond donors (Lipinski definition) is 1. The van der Waals surface area contributed by atoms with Crippen molar-refractivity contribution in [1.82, 2.24) is 0 Å². The largest absolute Gasteiger partial charge is 0.324 e. The normalized spacial score (nSPS) is 12.5. The molecule has 0 aromatic heterocycles. The summed E-state index contributed by atoms with van der Waals surface area (Å²) in [5.74, 6) is 0. The summed E-state index contributed by atoms with van der Waals surface area (Å²) in [4.78, 5) is 1.27. The zero-order valence-electron chi connectivity index (χ0n) is 8.79. The van der Waals surface area contributed by atoms with Gasteiger partial charge in [0.15, 0.2) is 0 Å². The molecule has 0 radical (unpaired) electrons. The molecule has 0 fully saturated rings. The van der Waals surface area contributed by atoms with Gasteiger partial charge in [-0.3, -0.25) is 0 Å². The van der Waals surface area contributed by atoms with Gasteiger partial charge in [-0.2, -0.15) is 0 Å². The van der Waals surface area contributed by atoms with Crippen molar-refractivity contribution in [1.29, 1.82) is 0 Å². The third-order valence-electron chi connectivity index (χ3n) is 2.11. The quantitative estimate of drug-likeness (QED) is 0.605. The molecule has 1 unspecified atom stereocenters. The minimum atomic E-state index is 0.0798. The lowest BCUT2D eigenvalue weighted by molar-refractivity contribution is 0.703. The molecule has 1 atom stereocenters. The summed E-state index contributed by atoms with van der Waals surface area (Å²) < 4.78 is 0. The molecule has 2 heteroatoms. The second-order valence-corrected chi connectivity index (χ2v) is 4.36. The molecule has 1 aromatic rings. The van der Waals surface area contributed by atoms with Gasteiger partial charge < -0.3 is 5.73 Å². The minimum Gasteiger partial charge on any atom is -0.324 e. The van der Waals surface area contributed by atoms with E-state index in [0.29, 0.717) is 0 Å². The predicted molar refractivity (Wildman–Crippen MR) is 64.6 cm³/mol. The second-order valence-electron chi connectivity index (χ2n) is 3.51. The Morgan fingerprint density at radius 2 is 2.14 bits per heavy atom. The van der Waals surface area contributed by atoms with E-state index in [9.17, 15) is 0 Å². The number of nitrogens with two attached hydrogens (primary N) is 1. The van der Waals surface area contributed by atoms with Gasteiger partial charge in [0.2, 0.25) is 0 Å². The smallest absolute Gasteiger partial charge is 0.0343 e. The van der Waals surface area contributed by atoms with E-state index in [1.807, 2.05) is 19.1 Å². The highest BCUT2D eigenvalue weighted by Crippen LogP contribution is 2.27. The molecular weight excluding hydrogens is 190 g/mol. The molecule has 0 bridgehead atoms. The summed E-state index contributed by atoms with van der Waals surface area (Å²) in [5.41, 5.74) is 8.46. The molecule has 0 aliphatic rings. The predicted octanol–water partition coefficient (Wildman–Crippen LogP) is 3.37. The Morgan fingerprint density at radius 1 is 1.50 bits per heavy atom. The summed E-state index contributed by atoms with van der Waals surface area (Å²) in [7, 11) is 0. The van der Waals surface area contributed by atoms with Crippen LogP contribution < -0.4 is 5.73 Å². The molecule has 0 amide bonds. The molecule has 1 aromatic carbocycles. The van der Waals surface area contributed by atoms with E-state index in [-0.39, 0.29) is 6.04 Å². The number of benzene rings is 1. The highest BCUT2D eigenvalue weighted by molar-refractivity contribution is 7.98. The average molecular weight is 207 g/mol. The van der Waals surface area contributed by atoms with E-state index in [2.05, 4.69) is 25.0 Å². The first-order valence-corrected chi connectivity index (χ1v) is 5.90. The maximum atomic E-state index is 6.10. The van der Waals surface area contributed by atoms with E-state index < -0.39 is 0 Å². The molecule has 0 saturated heterocycles. The topological polar surface area (TPSA) is 26.0 Å². The first kappa shape index (κ1) is 11.3. The Bertz CT molecular complexity index is 320. The van der Waals surface area contributed by atoms with Crippen molar-refractivity contribution in [3.63, 3.8) is 0 Å². The molecule has 0 heterocycles. The van der Waals surface area contributed by atoms with Gasteiger partial charge >= 0.3 is 0 Å². The maximum absolute atomic E-state index is 6.10. The highest BCUT2D eigenvalue weighted by atomic mass is 32.2. The second kappa shape index (κ2) is 5.23. The molecule has 0 aliphatic heterocycles. The van der Waals surface area contributed by atoms with E-state index in [1.165, 1.54) is 10.5 Å². The van der Waals surface area contributed by atoms with Crippen molar-refractivity contribution in [2.45, 2.75) is 24.3 Å². The van der Waals surface area contributed by atoms with Gasteiger partial charge in [-0.05, 0) is 31.2 Å². The van der Waals surface area contributed by atoms with Gasteiger partial charge in [0.25, 0.3) is 0 Å². The van der Waals surface area contributed by atoms with Crippen LogP contribution in [0.25, 0.3) is 0 Å². The van der Waals surface area contributed by atoms with Crippen LogP contribution in [0.15, 0.2) is 41.3 Å². The number of hydrogen-bond acceptors (Lipinski definition) is 2. The van der Waals surface area contributed by atoms with Crippen LogP contribution in [0.2, 0.25) is 0 Å². The zero-order chi connectivity index (χ0) is 10.6. The van der Waals surface area contributed by atoms with Crippen molar-refractivity contribution >= 4 is 11.8 Å². The van der Waals surface area contributed by atoms with Crippen LogP contribution in [0.1, 0.15) is 24.9 Å². The van der Waals surface area contributed by atoms with Crippen LogP contribution >= 0.6 is 11.8 Å². The molecular formula is C12H17NS. The first-order valence-electron chi connectivity index (χ1n) is 4.68. The van der Waals surface area contributed by atoms with Crippen LogP contribution in [0.4, 0.5) is 0 Å². The number of rotatable bonds is 4. The Labute approximate surface area is 90.4 Å². The summed E-state index contributed by atoms with van der Waals surface area (Å²) in [5, 5.41) is 0. The molecule has 0 spiro atoms. The van der Waals surface area contributed by atoms with Crippen molar-refractivity contribution in [3.8, 4) is 0 Å². The van der Waals surface area contributed by atoms with Gasteiger partial charge in [-0.25, -0.2) is 0 Å². The van der Waals surface area contributed by atoms with E-state index in [1.54, 1.807) is 11.8 Å². The molecule has 2 N–H and O–H groups in total. The summed E-state index contributed by atoms with van der Waals surface area (Å²) in [6.07, 6.45) is 2.93. The summed E-state index contributed by atoms with van der Waals surface area (Å²) >= 11 is 1.74. The summed E-state index contributed by atoms with van der Waals surface area (Å²) in [6.45, 7) is 5.90. The van der Waals surface area contributed by atoms with E-state index in [4.69, 9.17) is 5.73 Å². The van der Waals surface area contributed by atoms with Gasteiger partial charge in [-0.15, -0.1) is 18.3 Å².